The topological polar surface area (TPSA) is 0 Å². The minimum absolute atomic E-state index is 0.143. The Morgan fingerprint density at radius 1 is 0.170 bits per heavy atom. The molecule has 0 heterocycles. The molecule has 6 aliphatic carbocycles. The number of benzene rings is 15. The molecule has 15 aromatic rings. The Morgan fingerprint density at radius 3 is 0.730 bits per heavy atom. The zero-order valence-electron chi connectivity index (χ0n) is 56.2. The van der Waals surface area contributed by atoms with Gasteiger partial charge >= 0.3 is 0 Å². The van der Waals surface area contributed by atoms with Gasteiger partial charge in [-0.3, -0.25) is 0 Å². The maximum atomic E-state index is 2.83. The van der Waals surface area contributed by atoms with Crippen LogP contribution >= 0.6 is 0 Å². The van der Waals surface area contributed by atoms with Crippen LogP contribution in [0.1, 0.15) is 131 Å². The molecule has 0 aliphatic heterocycles. The van der Waals surface area contributed by atoms with E-state index >= 15 is 0 Å². The molecule has 0 nitrogen and oxygen atoms in total. The molecule has 0 N–H and O–H groups in total. The van der Waals surface area contributed by atoms with Crippen molar-refractivity contribution in [1.82, 2.24) is 0 Å². The second-order valence-corrected chi connectivity index (χ2v) is 29.8. The average Bonchev–Trinajstić information content (AvgIpc) is 1.50. The predicted molar refractivity (Wildman–Crippen MR) is 416 cm³/mol. The van der Waals surface area contributed by atoms with E-state index in [-0.39, 0.29) is 10.8 Å². The molecule has 0 bridgehead atoms. The van der Waals surface area contributed by atoms with Crippen molar-refractivity contribution in [2.45, 2.75) is 85.9 Å². The lowest BCUT2D eigenvalue weighted by Crippen LogP contribution is -2.30. The highest BCUT2D eigenvalue weighted by Crippen LogP contribution is 2.69. The van der Waals surface area contributed by atoms with Gasteiger partial charge in [-0.2, -0.15) is 0 Å². The van der Waals surface area contributed by atoms with Crippen LogP contribution in [-0.2, 0) is 21.7 Å². The van der Waals surface area contributed by atoms with Crippen LogP contribution in [0, 0.1) is 0 Å². The zero-order chi connectivity index (χ0) is 65.7. The first-order valence-electron chi connectivity index (χ1n) is 36.8. The Hall–Kier alpha value is -11.2. The molecule has 0 heteroatoms. The van der Waals surface area contributed by atoms with E-state index < -0.39 is 10.8 Å². The van der Waals surface area contributed by atoms with Gasteiger partial charge in [-0.05, 0) is 252 Å². The Kier molecular flexibility index (Phi) is 12.8. The highest BCUT2D eigenvalue weighted by atomic mass is 14.6. The molecule has 2 saturated carbocycles. The van der Waals surface area contributed by atoms with E-state index in [2.05, 4.69) is 328 Å². The van der Waals surface area contributed by atoms with Gasteiger partial charge in [-0.1, -0.05) is 318 Å². The van der Waals surface area contributed by atoms with Crippen molar-refractivity contribution in [1.29, 1.82) is 0 Å². The summed E-state index contributed by atoms with van der Waals surface area (Å²) in [6.07, 6.45) is 12.0. The Balaban J connectivity index is 0.810. The lowest BCUT2D eigenvalue weighted by atomic mass is 9.65. The van der Waals surface area contributed by atoms with E-state index in [1.165, 1.54) is 194 Å². The lowest BCUT2D eigenvalue weighted by molar-refractivity contribution is 0.350. The highest BCUT2D eigenvalue weighted by Gasteiger charge is 2.55. The van der Waals surface area contributed by atoms with E-state index in [4.69, 9.17) is 0 Å². The van der Waals surface area contributed by atoms with Crippen molar-refractivity contribution in [3.63, 3.8) is 0 Å². The summed E-state index contributed by atoms with van der Waals surface area (Å²) in [5.74, 6) is 0. The van der Waals surface area contributed by atoms with Gasteiger partial charge < -0.3 is 0 Å². The van der Waals surface area contributed by atoms with Gasteiger partial charge in [0.25, 0.3) is 0 Å². The molecule has 2 spiro atoms. The van der Waals surface area contributed by atoms with Crippen LogP contribution in [-0.4, -0.2) is 0 Å². The van der Waals surface area contributed by atoms with Gasteiger partial charge in [-0.25, -0.2) is 0 Å². The molecule has 6 aliphatic rings. The SMILES string of the molecule is c1ccc(-c2ccc(-c3cc4c(c5ccccc35)-c3cc5c(cc3C4(c3ccccc3)c3ccccc3)-c3cc4c(cc3C53CCCCC3)-c3cc5c(cc3C43CCCCC3)-c3c(cc(-c4ccc(-c6ccccc6)cc4)c4ccccc34)C5(c3ccccc3)c3ccccc3)cc2)cc1. The summed E-state index contributed by atoms with van der Waals surface area (Å²) in [5, 5.41) is 5.22. The molecule has 0 radical (unpaired) electrons. The maximum Gasteiger partial charge on any atom is 0.0714 e. The molecule has 100 heavy (non-hydrogen) atoms. The van der Waals surface area contributed by atoms with Gasteiger partial charge in [0, 0.05) is 10.8 Å². The van der Waals surface area contributed by atoms with Crippen LogP contribution in [0.5, 0.6) is 0 Å². The standard InChI is InChI=1S/C100H74/c1-9-29-65(30-10-1)67-45-49-69(50-46-67)79-57-93-95(77-43-23-21-41-75(77)79)85-63-89-83(61-91(85)99(93,71-33-13-3-14-34-71)72-35-15-4-16-36-72)81-59-88-82(60-87(81)97(89)53-25-7-26-54-97)84-62-92-86(64-90(84)98(88)55-27-8-28-56-98)96-78-44-24-22-42-76(78)80(70-51-47-68(48-52-70)66-31-11-2-12-32-66)58-94(96)100(92,73-37-17-5-18-38-73)74-39-19-6-20-40-74/h1-6,9-24,29-52,57-64H,7-8,25-28,53-56H2. The maximum absolute atomic E-state index is 2.83. The predicted octanol–water partition coefficient (Wildman–Crippen LogP) is 25.8. The van der Waals surface area contributed by atoms with E-state index in [0.29, 0.717) is 0 Å². The second kappa shape index (κ2) is 22.2. The minimum Gasteiger partial charge on any atom is -0.0622 e. The Bertz CT molecular complexity index is 5330. The van der Waals surface area contributed by atoms with Crippen molar-refractivity contribution in [2.75, 3.05) is 0 Å². The normalized spacial score (nSPS) is 16.3. The molecular weight excluding hydrogens is 1200 g/mol. The summed E-state index contributed by atoms with van der Waals surface area (Å²) in [5.41, 5.74) is 36.7. The summed E-state index contributed by atoms with van der Waals surface area (Å²) < 4.78 is 0. The third-order valence-corrected chi connectivity index (χ3v) is 25.2. The molecule has 2 fully saturated rings. The van der Waals surface area contributed by atoms with Crippen LogP contribution in [0.15, 0.2) is 328 Å². The first-order chi connectivity index (χ1) is 49.5. The molecule has 0 amide bonds. The van der Waals surface area contributed by atoms with Crippen molar-refractivity contribution in [3.8, 4) is 89.0 Å². The molecule has 474 valence electrons. The average molecular weight is 1280 g/mol. The zero-order valence-corrected chi connectivity index (χ0v) is 56.2. The van der Waals surface area contributed by atoms with E-state index in [9.17, 15) is 0 Å². The monoisotopic (exact) mass is 1270 g/mol. The third-order valence-electron chi connectivity index (χ3n) is 25.2. The fourth-order valence-electron chi connectivity index (χ4n) is 21.0. The number of hydrogen-bond donors (Lipinski definition) is 0. The smallest absolute Gasteiger partial charge is 0.0622 e. The van der Waals surface area contributed by atoms with Crippen LogP contribution in [0.3, 0.4) is 0 Å². The molecule has 0 unspecified atom stereocenters. The van der Waals surface area contributed by atoms with Gasteiger partial charge in [0.1, 0.15) is 0 Å². The lowest BCUT2D eigenvalue weighted by Gasteiger charge is -2.38. The third kappa shape index (κ3) is 7.99. The van der Waals surface area contributed by atoms with Crippen molar-refractivity contribution in [2.24, 2.45) is 0 Å². The van der Waals surface area contributed by atoms with Gasteiger partial charge in [0.15, 0.2) is 0 Å². The first kappa shape index (κ1) is 57.8. The minimum atomic E-state index is -0.621. The second-order valence-electron chi connectivity index (χ2n) is 29.8. The molecule has 0 saturated heterocycles. The molecular formula is C100H74. The van der Waals surface area contributed by atoms with Crippen LogP contribution in [0.2, 0.25) is 0 Å². The Morgan fingerprint density at radius 2 is 0.410 bits per heavy atom. The van der Waals surface area contributed by atoms with Gasteiger partial charge in [0.2, 0.25) is 0 Å². The van der Waals surface area contributed by atoms with Crippen LogP contribution < -0.4 is 0 Å². The molecule has 0 atom stereocenters. The molecule has 0 aromatic heterocycles. The Labute approximate surface area is 587 Å². The number of hydrogen-bond acceptors (Lipinski definition) is 0. The summed E-state index contributed by atoms with van der Waals surface area (Å²) in [4.78, 5) is 0. The van der Waals surface area contributed by atoms with Crippen LogP contribution in [0.4, 0.5) is 0 Å². The van der Waals surface area contributed by atoms with Gasteiger partial charge in [0.05, 0.1) is 10.8 Å². The number of rotatable bonds is 8. The van der Waals surface area contributed by atoms with E-state index in [1.54, 1.807) is 22.3 Å². The van der Waals surface area contributed by atoms with Crippen LogP contribution in [0.25, 0.3) is 111 Å². The summed E-state index contributed by atoms with van der Waals surface area (Å²) in [6, 6.07) is 127. The van der Waals surface area contributed by atoms with Gasteiger partial charge in [-0.15, -0.1) is 0 Å². The van der Waals surface area contributed by atoms with Crippen molar-refractivity contribution < 1.29 is 0 Å². The summed E-state index contributed by atoms with van der Waals surface area (Å²) in [6.45, 7) is 0. The molecule has 15 aromatic carbocycles. The molecule has 21 rings (SSSR count). The largest absolute Gasteiger partial charge is 0.0714 e. The van der Waals surface area contributed by atoms with E-state index in [1.807, 2.05) is 0 Å². The fraction of sp³-hybridized carbons (Fsp3) is 0.140. The first-order valence-corrected chi connectivity index (χ1v) is 36.8. The quantitative estimate of drug-likeness (QED) is 0.142. The van der Waals surface area contributed by atoms with Crippen molar-refractivity contribution in [3.05, 3.63) is 394 Å². The van der Waals surface area contributed by atoms with Crippen molar-refractivity contribution >= 4 is 21.5 Å². The number of fused-ring (bicyclic) bond motifs is 20. The summed E-state index contributed by atoms with van der Waals surface area (Å²) in [7, 11) is 0. The van der Waals surface area contributed by atoms with E-state index in [0.717, 1.165) is 25.7 Å². The fourth-order valence-corrected chi connectivity index (χ4v) is 21.0. The summed E-state index contributed by atoms with van der Waals surface area (Å²) >= 11 is 0. The highest BCUT2D eigenvalue weighted by molar-refractivity contribution is 6.13.